The summed E-state index contributed by atoms with van der Waals surface area (Å²) in [6, 6.07) is 13.2. The second-order valence-electron chi connectivity index (χ2n) is 5.54. The number of rotatable bonds is 4. The molecule has 0 aliphatic carbocycles. The van der Waals surface area contributed by atoms with E-state index in [2.05, 4.69) is 10.6 Å². The Kier molecular flexibility index (Phi) is 5.49. The highest BCUT2D eigenvalue weighted by Gasteiger charge is 2.13. The van der Waals surface area contributed by atoms with Crippen LogP contribution in [0.2, 0.25) is 0 Å². The molecule has 4 N–H and O–H groups in total. The largest absolute Gasteiger partial charge is 0.344 e. The van der Waals surface area contributed by atoms with Gasteiger partial charge in [0, 0.05) is 18.8 Å². The SMILES string of the molecule is Cc1cc(C)cc(NC(=O)C(=O)NCc2cccc(CN)c2)c1. The zero-order valence-electron chi connectivity index (χ0n) is 13.3. The van der Waals surface area contributed by atoms with Gasteiger partial charge in [0.2, 0.25) is 0 Å². The maximum absolute atomic E-state index is 11.9. The zero-order valence-corrected chi connectivity index (χ0v) is 13.3. The molecule has 23 heavy (non-hydrogen) atoms. The Bertz CT molecular complexity index is 706. The Morgan fingerprint density at radius 3 is 2.26 bits per heavy atom. The number of benzene rings is 2. The summed E-state index contributed by atoms with van der Waals surface area (Å²) in [5, 5.41) is 5.22. The van der Waals surface area contributed by atoms with Crippen LogP contribution in [0.15, 0.2) is 42.5 Å². The third kappa shape index (κ3) is 4.93. The molecule has 0 aliphatic heterocycles. The number of nitrogens with one attached hydrogen (secondary N) is 2. The van der Waals surface area contributed by atoms with E-state index in [1.807, 2.05) is 56.3 Å². The van der Waals surface area contributed by atoms with Gasteiger partial charge in [0.25, 0.3) is 0 Å². The summed E-state index contributed by atoms with van der Waals surface area (Å²) in [7, 11) is 0. The molecule has 2 rings (SSSR count). The number of aryl methyl sites for hydroxylation is 2. The number of hydrogen-bond donors (Lipinski definition) is 3. The van der Waals surface area contributed by atoms with E-state index in [1.165, 1.54) is 0 Å². The van der Waals surface area contributed by atoms with Crippen molar-refractivity contribution in [2.24, 2.45) is 5.73 Å². The van der Waals surface area contributed by atoms with Crippen LogP contribution in [0, 0.1) is 13.8 Å². The Labute approximate surface area is 135 Å². The minimum Gasteiger partial charge on any atom is -0.344 e. The fraction of sp³-hybridized carbons (Fsp3) is 0.222. The molecule has 0 aliphatic rings. The van der Waals surface area contributed by atoms with E-state index in [4.69, 9.17) is 5.73 Å². The number of amides is 2. The van der Waals surface area contributed by atoms with Crippen molar-refractivity contribution in [2.45, 2.75) is 26.9 Å². The van der Waals surface area contributed by atoms with Crippen molar-refractivity contribution in [3.8, 4) is 0 Å². The third-order valence-electron chi connectivity index (χ3n) is 3.37. The molecule has 5 heteroatoms. The second kappa shape index (κ2) is 7.56. The summed E-state index contributed by atoms with van der Waals surface area (Å²) in [5.41, 5.74) is 10.1. The van der Waals surface area contributed by atoms with Crippen molar-refractivity contribution < 1.29 is 9.59 Å². The molecule has 0 aromatic heterocycles. The molecular weight excluding hydrogens is 290 g/mol. The number of carbonyl (C=O) groups is 2. The van der Waals surface area contributed by atoms with Crippen molar-refractivity contribution in [3.05, 3.63) is 64.7 Å². The van der Waals surface area contributed by atoms with E-state index in [9.17, 15) is 9.59 Å². The Morgan fingerprint density at radius 1 is 0.957 bits per heavy atom. The highest BCUT2D eigenvalue weighted by atomic mass is 16.2. The standard InChI is InChI=1S/C18H21N3O2/c1-12-6-13(2)8-16(7-12)21-18(23)17(22)20-11-15-5-3-4-14(9-15)10-19/h3-9H,10-11,19H2,1-2H3,(H,20,22)(H,21,23). The first kappa shape index (κ1) is 16.7. The molecule has 0 spiro atoms. The zero-order chi connectivity index (χ0) is 16.8. The van der Waals surface area contributed by atoms with Crippen LogP contribution in [0.4, 0.5) is 5.69 Å². The number of nitrogens with two attached hydrogens (primary N) is 1. The van der Waals surface area contributed by atoms with Crippen molar-refractivity contribution in [1.82, 2.24) is 5.32 Å². The number of carbonyl (C=O) groups excluding carboxylic acids is 2. The van der Waals surface area contributed by atoms with E-state index in [-0.39, 0.29) is 6.54 Å². The highest BCUT2D eigenvalue weighted by molar-refractivity contribution is 6.39. The first-order valence-corrected chi connectivity index (χ1v) is 7.43. The molecule has 0 atom stereocenters. The van der Waals surface area contributed by atoms with Crippen molar-refractivity contribution >= 4 is 17.5 Å². The Balaban J connectivity index is 1.93. The lowest BCUT2D eigenvalue weighted by atomic mass is 10.1. The summed E-state index contributed by atoms with van der Waals surface area (Å²) >= 11 is 0. The van der Waals surface area contributed by atoms with Crippen LogP contribution in [-0.4, -0.2) is 11.8 Å². The van der Waals surface area contributed by atoms with Gasteiger partial charge in [-0.25, -0.2) is 0 Å². The minimum absolute atomic E-state index is 0.285. The molecule has 0 radical (unpaired) electrons. The summed E-state index contributed by atoms with van der Waals surface area (Å²) in [6.07, 6.45) is 0. The molecule has 2 aromatic rings. The first-order chi connectivity index (χ1) is 11.0. The van der Waals surface area contributed by atoms with Crippen LogP contribution < -0.4 is 16.4 Å². The lowest BCUT2D eigenvalue weighted by molar-refractivity contribution is -0.136. The fourth-order valence-corrected chi connectivity index (χ4v) is 2.36. The van der Waals surface area contributed by atoms with Crippen LogP contribution >= 0.6 is 0 Å². The minimum atomic E-state index is -0.676. The number of hydrogen-bond acceptors (Lipinski definition) is 3. The van der Waals surface area contributed by atoms with Crippen molar-refractivity contribution in [2.75, 3.05) is 5.32 Å². The van der Waals surface area contributed by atoms with Gasteiger partial charge in [-0.3, -0.25) is 9.59 Å². The van der Waals surface area contributed by atoms with E-state index in [1.54, 1.807) is 0 Å². The lowest BCUT2D eigenvalue weighted by Gasteiger charge is -2.09. The predicted molar refractivity (Wildman–Crippen MR) is 90.7 cm³/mol. The molecule has 2 amide bonds. The van der Waals surface area contributed by atoms with E-state index < -0.39 is 11.8 Å². The summed E-state index contributed by atoms with van der Waals surface area (Å²) < 4.78 is 0. The van der Waals surface area contributed by atoms with Crippen LogP contribution in [0.5, 0.6) is 0 Å². The molecule has 120 valence electrons. The normalized spacial score (nSPS) is 10.2. The molecule has 0 heterocycles. The van der Waals surface area contributed by atoms with Crippen LogP contribution in [0.25, 0.3) is 0 Å². The monoisotopic (exact) mass is 311 g/mol. The van der Waals surface area contributed by atoms with Gasteiger partial charge in [0.05, 0.1) is 0 Å². The molecule has 0 saturated heterocycles. The fourth-order valence-electron chi connectivity index (χ4n) is 2.36. The van der Waals surface area contributed by atoms with Gasteiger partial charge in [0.1, 0.15) is 0 Å². The first-order valence-electron chi connectivity index (χ1n) is 7.43. The quantitative estimate of drug-likeness (QED) is 0.755. The predicted octanol–water partition coefficient (Wildman–Crippen LogP) is 2.02. The van der Waals surface area contributed by atoms with Gasteiger partial charge in [-0.15, -0.1) is 0 Å². The smallest absolute Gasteiger partial charge is 0.313 e. The molecular formula is C18H21N3O2. The average Bonchev–Trinajstić information content (AvgIpc) is 2.51. The van der Waals surface area contributed by atoms with Gasteiger partial charge < -0.3 is 16.4 Å². The van der Waals surface area contributed by atoms with E-state index in [0.717, 1.165) is 22.3 Å². The molecule has 2 aromatic carbocycles. The Morgan fingerprint density at radius 2 is 1.61 bits per heavy atom. The van der Waals surface area contributed by atoms with Crippen molar-refractivity contribution in [3.63, 3.8) is 0 Å². The van der Waals surface area contributed by atoms with Gasteiger partial charge in [-0.1, -0.05) is 30.3 Å². The van der Waals surface area contributed by atoms with Gasteiger partial charge >= 0.3 is 11.8 Å². The van der Waals surface area contributed by atoms with Crippen LogP contribution in [0.1, 0.15) is 22.3 Å². The third-order valence-corrected chi connectivity index (χ3v) is 3.37. The van der Waals surface area contributed by atoms with Crippen LogP contribution in [0.3, 0.4) is 0 Å². The number of anilines is 1. The molecule has 5 nitrogen and oxygen atoms in total. The van der Waals surface area contributed by atoms with Gasteiger partial charge in [0.15, 0.2) is 0 Å². The lowest BCUT2D eigenvalue weighted by Crippen LogP contribution is -2.35. The summed E-state index contributed by atoms with van der Waals surface area (Å²) in [4.78, 5) is 23.8. The molecule has 0 unspecified atom stereocenters. The molecule has 0 fully saturated rings. The average molecular weight is 311 g/mol. The van der Waals surface area contributed by atoms with Crippen LogP contribution in [-0.2, 0) is 22.7 Å². The summed E-state index contributed by atoms with van der Waals surface area (Å²) in [6.45, 7) is 4.60. The topological polar surface area (TPSA) is 84.2 Å². The van der Waals surface area contributed by atoms with Crippen molar-refractivity contribution in [1.29, 1.82) is 0 Å². The van der Waals surface area contributed by atoms with Gasteiger partial charge in [-0.05, 0) is 48.2 Å². The van der Waals surface area contributed by atoms with E-state index >= 15 is 0 Å². The molecule has 0 saturated carbocycles. The van der Waals surface area contributed by atoms with Gasteiger partial charge in [-0.2, -0.15) is 0 Å². The molecule has 0 bridgehead atoms. The second-order valence-corrected chi connectivity index (χ2v) is 5.54. The highest BCUT2D eigenvalue weighted by Crippen LogP contribution is 2.13. The maximum Gasteiger partial charge on any atom is 0.313 e. The maximum atomic E-state index is 11.9. The van der Waals surface area contributed by atoms with E-state index in [0.29, 0.717) is 12.2 Å². The Hall–Kier alpha value is -2.66. The summed E-state index contributed by atoms with van der Waals surface area (Å²) in [5.74, 6) is -1.34.